The van der Waals surface area contributed by atoms with Crippen LogP contribution in [0.4, 0.5) is 5.69 Å². The number of nitrogens with zero attached hydrogens (tertiary/aromatic N) is 2. The summed E-state index contributed by atoms with van der Waals surface area (Å²) in [4.78, 5) is 30.5. The second-order valence-corrected chi connectivity index (χ2v) is 9.70. The molecule has 0 saturated heterocycles. The van der Waals surface area contributed by atoms with Crippen LogP contribution < -0.4 is 5.32 Å². The van der Waals surface area contributed by atoms with E-state index in [1.165, 1.54) is 0 Å². The van der Waals surface area contributed by atoms with Gasteiger partial charge in [-0.05, 0) is 68.5 Å². The Morgan fingerprint density at radius 2 is 1.64 bits per heavy atom. The van der Waals surface area contributed by atoms with Crippen LogP contribution >= 0.6 is 15.9 Å². The first kappa shape index (κ1) is 19.6. The van der Waals surface area contributed by atoms with E-state index in [9.17, 15) is 9.59 Å². The SMILES string of the molecule is CN(C)CCN(C)C(=O)[C@H]1[C@H](C(=O)Nc2ccc(Br)cc2)[C@@H]2C=C[C@H]1C21CC1. The van der Waals surface area contributed by atoms with Gasteiger partial charge in [-0.1, -0.05) is 28.1 Å². The van der Waals surface area contributed by atoms with E-state index >= 15 is 0 Å². The molecule has 150 valence electrons. The molecule has 2 amide bonds. The first-order chi connectivity index (χ1) is 13.3. The highest BCUT2D eigenvalue weighted by molar-refractivity contribution is 9.10. The summed E-state index contributed by atoms with van der Waals surface area (Å²) in [6, 6.07) is 7.60. The summed E-state index contributed by atoms with van der Waals surface area (Å²) in [6.07, 6.45) is 6.67. The van der Waals surface area contributed by atoms with Gasteiger partial charge in [0.05, 0.1) is 11.8 Å². The summed E-state index contributed by atoms with van der Waals surface area (Å²) in [5, 5.41) is 3.06. The highest BCUT2D eigenvalue weighted by Crippen LogP contribution is 2.72. The second-order valence-electron chi connectivity index (χ2n) is 8.78. The zero-order valence-corrected chi connectivity index (χ0v) is 18.3. The Balaban J connectivity index is 1.55. The predicted octanol–water partition coefficient (Wildman–Crippen LogP) is 3.24. The van der Waals surface area contributed by atoms with E-state index < -0.39 is 0 Å². The lowest BCUT2D eigenvalue weighted by atomic mass is 9.81. The fraction of sp³-hybridized carbons (Fsp3) is 0.545. The van der Waals surface area contributed by atoms with Crippen LogP contribution in [0.25, 0.3) is 0 Å². The van der Waals surface area contributed by atoms with Gasteiger partial charge in [-0.15, -0.1) is 0 Å². The first-order valence-electron chi connectivity index (χ1n) is 9.98. The molecule has 28 heavy (non-hydrogen) atoms. The normalized spacial score (nSPS) is 28.8. The number of allylic oxidation sites excluding steroid dienone is 2. The van der Waals surface area contributed by atoms with Crippen molar-refractivity contribution in [2.75, 3.05) is 39.5 Å². The fourth-order valence-corrected chi connectivity index (χ4v) is 5.43. The van der Waals surface area contributed by atoms with E-state index in [1.807, 2.05) is 50.3 Å². The molecule has 4 atom stereocenters. The maximum Gasteiger partial charge on any atom is 0.228 e. The lowest BCUT2D eigenvalue weighted by Crippen LogP contribution is -2.44. The second kappa shape index (κ2) is 7.30. The van der Waals surface area contributed by atoms with Crippen LogP contribution in [0.3, 0.4) is 0 Å². The molecule has 2 fully saturated rings. The van der Waals surface area contributed by atoms with Crippen molar-refractivity contribution in [3.8, 4) is 0 Å². The van der Waals surface area contributed by atoms with Crippen molar-refractivity contribution < 1.29 is 9.59 Å². The molecular formula is C22H28BrN3O2. The lowest BCUT2D eigenvalue weighted by molar-refractivity contribution is -0.140. The molecule has 3 aliphatic rings. The van der Waals surface area contributed by atoms with Gasteiger partial charge in [-0.25, -0.2) is 0 Å². The molecule has 6 heteroatoms. The first-order valence-corrected chi connectivity index (χ1v) is 10.8. The van der Waals surface area contributed by atoms with Crippen LogP contribution in [-0.2, 0) is 9.59 Å². The number of hydrogen-bond acceptors (Lipinski definition) is 3. The number of nitrogens with one attached hydrogen (secondary N) is 1. The Labute approximate surface area is 175 Å². The van der Waals surface area contributed by atoms with Crippen LogP contribution in [0.15, 0.2) is 40.9 Å². The molecule has 0 aromatic heterocycles. The number of anilines is 1. The Kier molecular flexibility index (Phi) is 5.12. The third-order valence-electron chi connectivity index (χ3n) is 6.80. The molecule has 1 N–H and O–H groups in total. The smallest absolute Gasteiger partial charge is 0.228 e. The van der Waals surface area contributed by atoms with Crippen molar-refractivity contribution >= 4 is 33.4 Å². The number of halogens is 1. The van der Waals surface area contributed by atoms with Crippen molar-refractivity contribution in [3.05, 3.63) is 40.9 Å². The van der Waals surface area contributed by atoms with Gasteiger partial charge in [0.1, 0.15) is 0 Å². The minimum atomic E-state index is -0.282. The zero-order chi connectivity index (χ0) is 20.1. The Morgan fingerprint density at radius 1 is 1.04 bits per heavy atom. The molecule has 3 aliphatic carbocycles. The molecule has 5 nitrogen and oxygen atoms in total. The average Bonchev–Trinajstić information content (AvgIpc) is 3.33. The molecule has 0 heterocycles. The Morgan fingerprint density at radius 3 is 2.21 bits per heavy atom. The number of amides is 2. The molecule has 0 aliphatic heterocycles. The largest absolute Gasteiger partial charge is 0.344 e. The van der Waals surface area contributed by atoms with Gasteiger partial charge < -0.3 is 15.1 Å². The van der Waals surface area contributed by atoms with Gasteiger partial charge in [-0.3, -0.25) is 9.59 Å². The standard InChI is InChI=1S/C22H28BrN3O2/c1-25(2)12-13-26(3)21(28)19-17-9-8-16(22(17)10-11-22)18(19)20(27)24-15-6-4-14(23)5-7-15/h4-9,16-19H,10-13H2,1-3H3,(H,24,27)/t16-,17+,18+,19+/m0/s1. The number of likely N-dealkylation sites (N-methyl/N-ethyl adjacent to an activating group) is 2. The predicted molar refractivity (Wildman–Crippen MR) is 114 cm³/mol. The van der Waals surface area contributed by atoms with E-state index in [4.69, 9.17) is 0 Å². The van der Waals surface area contributed by atoms with Gasteiger partial charge in [0.25, 0.3) is 0 Å². The van der Waals surface area contributed by atoms with Gasteiger partial charge in [0, 0.05) is 30.3 Å². The maximum absolute atomic E-state index is 13.4. The maximum atomic E-state index is 13.4. The number of hydrogen-bond donors (Lipinski definition) is 1. The highest BCUT2D eigenvalue weighted by atomic mass is 79.9. The van der Waals surface area contributed by atoms with Crippen LogP contribution in [0.5, 0.6) is 0 Å². The zero-order valence-electron chi connectivity index (χ0n) is 16.7. The summed E-state index contributed by atoms with van der Waals surface area (Å²) in [7, 11) is 5.88. The molecule has 0 radical (unpaired) electrons. The van der Waals surface area contributed by atoms with E-state index in [0.717, 1.165) is 29.5 Å². The van der Waals surface area contributed by atoms with Crippen LogP contribution in [0, 0.1) is 29.1 Å². The monoisotopic (exact) mass is 445 g/mol. The summed E-state index contributed by atoms with van der Waals surface area (Å²) in [5.74, 6) is -0.0575. The fourth-order valence-electron chi connectivity index (χ4n) is 5.16. The average molecular weight is 446 g/mol. The topological polar surface area (TPSA) is 52.7 Å². The van der Waals surface area contributed by atoms with E-state index in [0.29, 0.717) is 6.54 Å². The van der Waals surface area contributed by atoms with Crippen LogP contribution in [0.1, 0.15) is 12.8 Å². The van der Waals surface area contributed by atoms with Crippen molar-refractivity contribution in [2.24, 2.45) is 29.1 Å². The molecule has 4 rings (SSSR count). The highest BCUT2D eigenvalue weighted by Gasteiger charge is 2.70. The van der Waals surface area contributed by atoms with Crippen molar-refractivity contribution in [1.82, 2.24) is 9.80 Å². The van der Waals surface area contributed by atoms with Gasteiger partial charge in [-0.2, -0.15) is 0 Å². The molecule has 1 spiro atoms. The number of benzene rings is 1. The van der Waals surface area contributed by atoms with Crippen molar-refractivity contribution in [2.45, 2.75) is 12.8 Å². The van der Waals surface area contributed by atoms with E-state index in [2.05, 4.69) is 38.3 Å². The van der Waals surface area contributed by atoms with Crippen molar-refractivity contribution in [1.29, 1.82) is 0 Å². The number of rotatable bonds is 6. The van der Waals surface area contributed by atoms with Gasteiger partial charge >= 0.3 is 0 Å². The minimum absolute atomic E-state index is 0.0233. The third kappa shape index (κ3) is 3.30. The number of carbonyl (C=O) groups is 2. The molecule has 2 saturated carbocycles. The summed E-state index contributed by atoms with van der Waals surface area (Å²) in [5.41, 5.74) is 0.932. The quantitative estimate of drug-likeness (QED) is 0.683. The molecular weight excluding hydrogens is 418 g/mol. The molecule has 1 aromatic carbocycles. The van der Waals surface area contributed by atoms with Crippen LogP contribution in [-0.4, -0.2) is 55.8 Å². The lowest BCUT2D eigenvalue weighted by Gasteiger charge is -2.30. The number of carbonyl (C=O) groups excluding carboxylic acids is 2. The summed E-state index contributed by atoms with van der Waals surface area (Å²) < 4.78 is 0.973. The van der Waals surface area contributed by atoms with E-state index in [1.54, 1.807) is 0 Å². The van der Waals surface area contributed by atoms with Gasteiger partial charge in [0.2, 0.25) is 11.8 Å². The van der Waals surface area contributed by atoms with Gasteiger partial charge in [0.15, 0.2) is 0 Å². The Bertz CT molecular complexity index is 801. The Hall–Kier alpha value is -1.66. The summed E-state index contributed by atoms with van der Waals surface area (Å²) in [6.45, 7) is 1.50. The summed E-state index contributed by atoms with van der Waals surface area (Å²) >= 11 is 3.42. The van der Waals surface area contributed by atoms with E-state index in [-0.39, 0.29) is 40.9 Å². The van der Waals surface area contributed by atoms with Crippen molar-refractivity contribution in [3.63, 3.8) is 0 Å². The molecule has 1 aromatic rings. The molecule has 2 bridgehead atoms. The van der Waals surface area contributed by atoms with Crippen LogP contribution in [0.2, 0.25) is 0 Å². The molecule has 0 unspecified atom stereocenters. The third-order valence-corrected chi connectivity index (χ3v) is 7.33. The minimum Gasteiger partial charge on any atom is -0.344 e.